The Hall–Kier alpha value is -0.570. The summed E-state index contributed by atoms with van der Waals surface area (Å²) in [6.45, 7) is 8.03. The summed E-state index contributed by atoms with van der Waals surface area (Å²) in [5, 5.41) is 9.29. The van der Waals surface area contributed by atoms with Gasteiger partial charge in [-0.15, -0.1) is 0 Å². The highest BCUT2D eigenvalue weighted by molar-refractivity contribution is 5.72. The summed E-state index contributed by atoms with van der Waals surface area (Å²) in [6, 6.07) is 0. The van der Waals surface area contributed by atoms with Gasteiger partial charge in [-0.3, -0.25) is 4.79 Å². The molecule has 2 atom stereocenters. The van der Waals surface area contributed by atoms with Gasteiger partial charge in [0.1, 0.15) is 6.61 Å². The predicted octanol–water partition coefficient (Wildman–Crippen LogP) is 8.18. The van der Waals surface area contributed by atoms with Crippen LogP contribution in [-0.2, 0) is 9.53 Å². The van der Waals surface area contributed by atoms with Gasteiger partial charge in [0.15, 0.2) is 0 Å². The molecule has 0 spiro atoms. The van der Waals surface area contributed by atoms with E-state index in [4.69, 9.17) is 4.74 Å². The summed E-state index contributed by atoms with van der Waals surface area (Å²) < 4.78 is 5.28. The number of aliphatic hydroxyl groups excluding tert-OH is 1. The van der Waals surface area contributed by atoms with Gasteiger partial charge in [-0.1, -0.05) is 129 Å². The van der Waals surface area contributed by atoms with E-state index in [1.807, 2.05) is 0 Å². The molecule has 3 heteroatoms. The maximum atomic E-state index is 12.4. The highest BCUT2D eigenvalue weighted by Crippen LogP contribution is 2.21. The van der Waals surface area contributed by atoms with Crippen molar-refractivity contribution in [1.82, 2.24) is 0 Å². The summed E-state index contributed by atoms with van der Waals surface area (Å²) in [5.41, 5.74) is 0. The molecular weight excluding hydrogens is 372 g/mol. The van der Waals surface area contributed by atoms with Crippen LogP contribution in [0.3, 0.4) is 0 Å². The summed E-state index contributed by atoms with van der Waals surface area (Å²) in [6.07, 6.45) is 24.4. The Bertz CT molecular complexity index is 354. The molecule has 0 fully saturated rings. The Balaban J connectivity index is 3.92. The SMILES string of the molecule is [CH2]C(O)COC(=O)C(CCCCCCCCCC)CCCCCCCCCCCC. The number of hydrogen-bond donors (Lipinski definition) is 1. The number of unbranched alkanes of at least 4 members (excludes halogenated alkanes) is 16. The molecule has 1 N–H and O–H groups in total. The number of aliphatic hydroxyl groups is 1. The van der Waals surface area contributed by atoms with Crippen LogP contribution in [0.2, 0.25) is 0 Å². The zero-order valence-electron chi connectivity index (χ0n) is 20.5. The van der Waals surface area contributed by atoms with E-state index in [1.54, 1.807) is 0 Å². The van der Waals surface area contributed by atoms with Crippen LogP contribution < -0.4 is 0 Å². The Morgan fingerprint density at radius 1 is 0.667 bits per heavy atom. The largest absolute Gasteiger partial charge is 0.463 e. The van der Waals surface area contributed by atoms with Crippen molar-refractivity contribution in [3.63, 3.8) is 0 Å². The average molecular weight is 426 g/mol. The molecule has 1 radical (unpaired) electrons. The maximum Gasteiger partial charge on any atom is 0.309 e. The van der Waals surface area contributed by atoms with E-state index in [1.165, 1.54) is 103 Å². The molecule has 0 aliphatic heterocycles. The number of carbonyl (C=O) groups is 1. The molecule has 0 aliphatic rings. The van der Waals surface area contributed by atoms with E-state index in [0.717, 1.165) is 25.7 Å². The van der Waals surface area contributed by atoms with E-state index in [9.17, 15) is 9.90 Å². The van der Waals surface area contributed by atoms with Crippen LogP contribution in [0.5, 0.6) is 0 Å². The fraction of sp³-hybridized carbons (Fsp3) is 0.926. The van der Waals surface area contributed by atoms with Gasteiger partial charge >= 0.3 is 5.97 Å². The summed E-state index contributed by atoms with van der Waals surface area (Å²) in [7, 11) is 0. The molecule has 0 saturated carbocycles. The van der Waals surface area contributed by atoms with Crippen LogP contribution in [0, 0.1) is 12.8 Å². The van der Waals surface area contributed by atoms with Crippen LogP contribution in [-0.4, -0.2) is 23.8 Å². The molecule has 0 aliphatic carbocycles. The van der Waals surface area contributed by atoms with Gasteiger partial charge in [0.2, 0.25) is 0 Å². The number of hydrogen-bond acceptors (Lipinski definition) is 3. The first-order valence-electron chi connectivity index (χ1n) is 13.3. The monoisotopic (exact) mass is 425 g/mol. The number of carbonyl (C=O) groups excluding carboxylic acids is 1. The molecule has 0 saturated heterocycles. The Labute approximate surface area is 188 Å². The first-order valence-corrected chi connectivity index (χ1v) is 13.3. The molecule has 0 aromatic heterocycles. The predicted molar refractivity (Wildman–Crippen MR) is 130 cm³/mol. The van der Waals surface area contributed by atoms with Crippen LogP contribution in [0.4, 0.5) is 0 Å². The molecule has 0 aromatic carbocycles. The lowest BCUT2D eigenvalue weighted by Gasteiger charge is -2.17. The molecule has 0 amide bonds. The standard InChI is InChI=1S/C27H53O3/c1-4-6-8-10-12-14-15-17-19-21-23-26(27(29)30-24-25(3)28)22-20-18-16-13-11-9-7-5-2/h25-26,28H,3-24H2,1-2H3. The van der Waals surface area contributed by atoms with Crippen LogP contribution in [0.25, 0.3) is 0 Å². The quantitative estimate of drug-likeness (QED) is 0.133. The van der Waals surface area contributed by atoms with Crippen LogP contribution >= 0.6 is 0 Å². The maximum absolute atomic E-state index is 12.4. The third kappa shape index (κ3) is 20.7. The molecule has 0 aromatic rings. The van der Waals surface area contributed by atoms with E-state index in [2.05, 4.69) is 20.8 Å². The van der Waals surface area contributed by atoms with Gasteiger partial charge in [0, 0.05) is 0 Å². The van der Waals surface area contributed by atoms with Gasteiger partial charge in [-0.25, -0.2) is 0 Å². The fourth-order valence-electron chi connectivity index (χ4n) is 4.08. The molecule has 0 heterocycles. The van der Waals surface area contributed by atoms with Crippen molar-refractivity contribution in [2.45, 2.75) is 148 Å². The van der Waals surface area contributed by atoms with Crippen molar-refractivity contribution >= 4 is 5.97 Å². The Morgan fingerprint density at radius 2 is 1.00 bits per heavy atom. The minimum Gasteiger partial charge on any atom is -0.463 e. The van der Waals surface area contributed by atoms with Crippen molar-refractivity contribution in [2.75, 3.05) is 6.61 Å². The minimum atomic E-state index is -0.824. The second-order valence-electron chi connectivity index (χ2n) is 9.21. The number of esters is 1. The zero-order chi connectivity index (χ0) is 22.3. The van der Waals surface area contributed by atoms with Gasteiger partial charge in [0.05, 0.1) is 12.0 Å². The molecule has 179 valence electrons. The molecule has 0 bridgehead atoms. The molecule has 0 rings (SSSR count). The third-order valence-electron chi connectivity index (χ3n) is 6.06. The lowest BCUT2D eigenvalue weighted by molar-refractivity contribution is -0.151. The lowest BCUT2D eigenvalue weighted by Crippen LogP contribution is -2.22. The topological polar surface area (TPSA) is 46.5 Å². The van der Waals surface area contributed by atoms with E-state index >= 15 is 0 Å². The van der Waals surface area contributed by atoms with Crippen molar-refractivity contribution in [3.8, 4) is 0 Å². The molecular formula is C27H53O3. The third-order valence-corrected chi connectivity index (χ3v) is 6.06. The molecule has 3 nitrogen and oxygen atoms in total. The van der Waals surface area contributed by atoms with Crippen LogP contribution in [0.15, 0.2) is 0 Å². The summed E-state index contributed by atoms with van der Waals surface area (Å²) >= 11 is 0. The Morgan fingerprint density at radius 3 is 1.33 bits per heavy atom. The second-order valence-corrected chi connectivity index (χ2v) is 9.21. The second kappa shape index (κ2) is 23.1. The van der Waals surface area contributed by atoms with Crippen LogP contribution in [0.1, 0.15) is 142 Å². The fourth-order valence-corrected chi connectivity index (χ4v) is 4.08. The molecule has 2 unspecified atom stereocenters. The highest BCUT2D eigenvalue weighted by atomic mass is 16.5. The highest BCUT2D eigenvalue weighted by Gasteiger charge is 2.19. The van der Waals surface area contributed by atoms with Gasteiger partial charge in [0.25, 0.3) is 0 Å². The normalized spacial score (nSPS) is 13.3. The molecule has 30 heavy (non-hydrogen) atoms. The number of rotatable bonds is 23. The van der Waals surface area contributed by atoms with E-state index in [0.29, 0.717) is 0 Å². The van der Waals surface area contributed by atoms with E-state index < -0.39 is 6.10 Å². The van der Waals surface area contributed by atoms with Crippen molar-refractivity contribution in [1.29, 1.82) is 0 Å². The minimum absolute atomic E-state index is 0.00196. The van der Waals surface area contributed by atoms with E-state index in [-0.39, 0.29) is 18.5 Å². The first-order chi connectivity index (χ1) is 14.6. The summed E-state index contributed by atoms with van der Waals surface area (Å²) in [4.78, 5) is 12.4. The van der Waals surface area contributed by atoms with Gasteiger partial charge in [-0.05, 0) is 19.8 Å². The van der Waals surface area contributed by atoms with Crippen molar-refractivity contribution in [2.24, 2.45) is 5.92 Å². The zero-order valence-corrected chi connectivity index (χ0v) is 20.5. The number of ether oxygens (including phenoxy) is 1. The summed E-state index contributed by atoms with van der Waals surface area (Å²) in [5.74, 6) is -0.130. The first kappa shape index (κ1) is 29.4. The average Bonchev–Trinajstić information content (AvgIpc) is 2.73. The smallest absolute Gasteiger partial charge is 0.309 e. The van der Waals surface area contributed by atoms with Gasteiger partial charge in [-0.2, -0.15) is 0 Å². The van der Waals surface area contributed by atoms with Crippen molar-refractivity contribution in [3.05, 3.63) is 6.92 Å². The van der Waals surface area contributed by atoms with Gasteiger partial charge < -0.3 is 9.84 Å². The lowest BCUT2D eigenvalue weighted by atomic mass is 9.94. The Kier molecular flexibility index (Phi) is 22.7. The van der Waals surface area contributed by atoms with Crippen molar-refractivity contribution < 1.29 is 14.6 Å².